The van der Waals surface area contributed by atoms with Crippen molar-refractivity contribution in [3.05, 3.63) is 90.0 Å². The van der Waals surface area contributed by atoms with E-state index in [2.05, 4.69) is 5.32 Å². The second kappa shape index (κ2) is 8.94. The topological polar surface area (TPSA) is 104 Å². The van der Waals surface area contributed by atoms with Gasteiger partial charge in [-0.15, -0.1) is 0 Å². The highest BCUT2D eigenvalue weighted by molar-refractivity contribution is 5.96. The van der Waals surface area contributed by atoms with Crippen LogP contribution in [0.15, 0.2) is 78.9 Å². The lowest BCUT2D eigenvalue weighted by Crippen LogP contribution is -2.37. The van der Waals surface area contributed by atoms with E-state index >= 15 is 0 Å². The van der Waals surface area contributed by atoms with E-state index in [-0.39, 0.29) is 11.5 Å². The first-order chi connectivity index (χ1) is 13.6. The molecule has 3 aromatic rings. The Morgan fingerprint density at radius 3 is 2.07 bits per heavy atom. The van der Waals surface area contributed by atoms with Crippen molar-refractivity contribution in [1.29, 1.82) is 0 Å². The molecule has 0 aliphatic rings. The molecule has 1 atom stereocenters. The van der Waals surface area contributed by atoms with Crippen LogP contribution < -0.4 is 16.5 Å². The molecule has 6 nitrogen and oxygen atoms in total. The first-order valence-corrected chi connectivity index (χ1v) is 8.82. The molecule has 142 valence electrons. The van der Waals surface area contributed by atoms with Gasteiger partial charge in [0.2, 0.25) is 5.91 Å². The van der Waals surface area contributed by atoms with E-state index in [1.807, 2.05) is 54.6 Å². The lowest BCUT2D eigenvalue weighted by atomic mass is 10.0. The van der Waals surface area contributed by atoms with Crippen molar-refractivity contribution in [2.45, 2.75) is 12.5 Å². The average molecular weight is 375 g/mol. The van der Waals surface area contributed by atoms with E-state index in [0.29, 0.717) is 12.1 Å². The number of carbonyl (C=O) groups is 2. The van der Waals surface area contributed by atoms with Crippen LogP contribution in [0, 0.1) is 0 Å². The Morgan fingerprint density at radius 2 is 1.46 bits per heavy atom. The van der Waals surface area contributed by atoms with Crippen LogP contribution >= 0.6 is 0 Å². The van der Waals surface area contributed by atoms with Gasteiger partial charge >= 0.3 is 0 Å². The van der Waals surface area contributed by atoms with Gasteiger partial charge in [0.15, 0.2) is 0 Å². The van der Waals surface area contributed by atoms with Gasteiger partial charge in [0.1, 0.15) is 0 Å². The Labute approximate surface area is 163 Å². The lowest BCUT2D eigenvalue weighted by Gasteiger charge is -2.13. The summed E-state index contributed by atoms with van der Waals surface area (Å²) in [5.41, 5.74) is 11.6. The van der Waals surface area contributed by atoms with Gasteiger partial charge in [0, 0.05) is 11.3 Å². The highest BCUT2D eigenvalue weighted by Crippen LogP contribution is 2.19. The molecular weight excluding hydrogens is 354 g/mol. The minimum Gasteiger partial charge on any atom is -0.325 e. The Bertz CT molecular complexity index is 939. The third-order valence-corrected chi connectivity index (χ3v) is 4.37. The SMILES string of the molecule is N[C@@H](Cc1ccc(-c2ccccc2)cc1)C(=O)Nc1ccc(C(=O)NO)cc1. The maximum atomic E-state index is 12.3. The van der Waals surface area contributed by atoms with Crippen LogP contribution in [0.4, 0.5) is 5.69 Å². The first-order valence-electron chi connectivity index (χ1n) is 8.82. The minimum atomic E-state index is -0.706. The summed E-state index contributed by atoms with van der Waals surface area (Å²) in [5, 5.41) is 11.3. The summed E-state index contributed by atoms with van der Waals surface area (Å²) in [7, 11) is 0. The number of carbonyl (C=O) groups excluding carboxylic acids is 2. The quantitative estimate of drug-likeness (QED) is 0.393. The maximum Gasteiger partial charge on any atom is 0.274 e. The Kier molecular flexibility index (Phi) is 6.16. The Morgan fingerprint density at radius 1 is 0.857 bits per heavy atom. The zero-order valence-corrected chi connectivity index (χ0v) is 15.1. The zero-order chi connectivity index (χ0) is 19.9. The standard InChI is InChI=1S/C22H21N3O3/c23-20(22(27)24-19-12-10-18(11-13-19)21(26)25-28)14-15-6-8-17(9-7-15)16-4-2-1-3-5-16/h1-13,20,28H,14,23H2,(H,24,27)(H,25,26)/t20-/m0/s1. The van der Waals surface area contributed by atoms with E-state index in [9.17, 15) is 9.59 Å². The number of nitrogens with two attached hydrogens (primary N) is 1. The molecule has 0 saturated heterocycles. The molecule has 5 N–H and O–H groups in total. The van der Waals surface area contributed by atoms with Gasteiger partial charge in [0.05, 0.1) is 6.04 Å². The van der Waals surface area contributed by atoms with Crippen molar-refractivity contribution in [3.8, 4) is 11.1 Å². The fraction of sp³-hybridized carbons (Fsp3) is 0.0909. The Hall–Kier alpha value is -3.48. The number of anilines is 1. The molecule has 0 bridgehead atoms. The largest absolute Gasteiger partial charge is 0.325 e. The second-order valence-corrected chi connectivity index (χ2v) is 6.38. The van der Waals surface area contributed by atoms with E-state index < -0.39 is 11.9 Å². The third-order valence-electron chi connectivity index (χ3n) is 4.37. The molecule has 0 aliphatic carbocycles. The number of amides is 2. The van der Waals surface area contributed by atoms with Gasteiger partial charge in [-0.25, -0.2) is 5.48 Å². The van der Waals surface area contributed by atoms with Gasteiger partial charge in [-0.3, -0.25) is 14.8 Å². The first kappa shape index (κ1) is 19.3. The van der Waals surface area contributed by atoms with E-state index in [1.54, 1.807) is 17.6 Å². The van der Waals surface area contributed by atoms with Crippen LogP contribution in [0.3, 0.4) is 0 Å². The van der Waals surface area contributed by atoms with Gasteiger partial charge < -0.3 is 11.1 Å². The highest BCUT2D eigenvalue weighted by atomic mass is 16.5. The molecule has 3 aromatic carbocycles. The summed E-state index contributed by atoms with van der Waals surface area (Å²) in [5.74, 6) is -0.931. The minimum absolute atomic E-state index is 0.281. The number of benzene rings is 3. The molecule has 28 heavy (non-hydrogen) atoms. The Balaban J connectivity index is 1.59. The molecule has 0 heterocycles. The monoisotopic (exact) mass is 375 g/mol. The van der Waals surface area contributed by atoms with Crippen LogP contribution in [0.1, 0.15) is 15.9 Å². The molecule has 0 aliphatic heterocycles. The summed E-state index contributed by atoms with van der Waals surface area (Å²) >= 11 is 0. The van der Waals surface area contributed by atoms with Gasteiger partial charge in [0.25, 0.3) is 5.91 Å². The molecule has 6 heteroatoms. The fourth-order valence-electron chi connectivity index (χ4n) is 2.81. The smallest absolute Gasteiger partial charge is 0.274 e. The molecule has 0 unspecified atom stereocenters. The van der Waals surface area contributed by atoms with Crippen molar-refractivity contribution >= 4 is 17.5 Å². The van der Waals surface area contributed by atoms with Gasteiger partial charge in [-0.2, -0.15) is 0 Å². The van der Waals surface area contributed by atoms with Gasteiger partial charge in [-0.05, 0) is 47.4 Å². The summed E-state index contributed by atoms with van der Waals surface area (Å²) < 4.78 is 0. The lowest BCUT2D eigenvalue weighted by molar-refractivity contribution is -0.117. The van der Waals surface area contributed by atoms with Crippen LogP contribution in [-0.2, 0) is 11.2 Å². The fourth-order valence-corrected chi connectivity index (χ4v) is 2.81. The molecule has 2 amide bonds. The molecule has 0 fully saturated rings. The van der Waals surface area contributed by atoms with Crippen LogP contribution in [-0.4, -0.2) is 23.1 Å². The zero-order valence-electron chi connectivity index (χ0n) is 15.1. The van der Waals surface area contributed by atoms with E-state index in [4.69, 9.17) is 10.9 Å². The molecule has 0 spiro atoms. The molecule has 0 saturated carbocycles. The number of nitrogens with one attached hydrogen (secondary N) is 2. The van der Waals surface area contributed by atoms with Crippen molar-refractivity contribution < 1.29 is 14.8 Å². The third kappa shape index (κ3) is 4.82. The number of rotatable bonds is 6. The number of hydroxylamine groups is 1. The second-order valence-electron chi connectivity index (χ2n) is 6.38. The van der Waals surface area contributed by atoms with Crippen molar-refractivity contribution in [2.75, 3.05) is 5.32 Å². The van der Waals surface area contributed by atoms with E-state index in [0.717, 1.165) is 16.7 Å². The van der Waals surface area contributed by atoms with Crippen LogP contribution in [0.5, 0.6) is 0 Å². The number of hydrogen-bond acceptors (Lipinski definition) is 4. The van der Waals surface area contributed by atoms with Crippen molar-refractivity contribution in [2.24, 2.45) is 5.73 Å². The van der Waals surface area contributed by atoms with Crippen LogP contribution in [0.25, 0.3) is 11.1 Å². The molecule has 0 radical (unpaired) electrons. The van der Waals surface area contributed by atoms with E-state index in [1.165, 1.54) is 12.1 Å². The predicted molar refractivity (Wildman–Crippen MR) is 108 cm³/mol. The number of hydrogen-bond donors (Lipinski definition) is 4. The summed E-state index contributed by atoms with van der Waals surface area (Å²) in [6.07, 6.45) is 0.409. The molecular formula is C22H21N3O3. The van der Waals surface area contributed by atoms with Crippen molar-refractivity contribution in [3.63, 3.8) is 0 Å². The summed E-state index contributed by atoms with van der Waals surface area (Å²) in [6, 6.07) is 23.5. The normalized spacial score (nSPS) is 11.5. The maximum absolute atomic E-state index is 12.3. The van der Waals surface area contributed by atoms with Crippen LogP contribution in [0.2, 0.25) is 0 Å². The summed E-state index contributed by atoms with van der Waals surface area (Å²) in [6.45, 7) is 0. The van der Waals surface area contributed by atoms with Gasteiger partial charge in [-0.1, -0.05) is 54.6 Å². The molecule has 3 rings (SSSR count). The summed E-state index contributed by atoms with van der Waals surface area (Å²) in [4.78, 5) is 23.6. The average Bonchev–Trinajstić information content (AvgIpc) is 2.75. The highest BCUT2D eigenvalue weighted by Gasteiger charge is 2.15. The molecule has 0 aromatic heterocycles. The predicted octanol–water partition coefficient (Wildman–Crippen LogP) is 2.98. The van der Waals surface area contributed by atoms with Crippen molar-refractivity contribution in [1.82, 2.24) is 5.48 Å².